The molecule has 0 heterocycles. The fourth-order valence-corrected chi connectivity index (χ4v) is 2.93. The van der Waals surface area contributed by atoms with Crippen LogP contribution in [0.1, 0.15) is 24.9 Å². The van der Waals surface area contributed by atoms with Crippen LogP contribution in [-0.4, -0.2) is 13.1 Å². The molecule has 0 aromatic heterocycles. The summed E-state index contributed by atoms with van der Waals surface area (Å²) < 4.78 is 14.0. The average molecular weight is 351 g/mol. The lowest BCUT2D eigenvalue weighted by molar-refractivity contribution is 0.621. The molecule has 0 fully saturated rings. The zero-order chi connectivity index (χ0) is 15.2. The molecule has 2 nitrogen and oxygen atoms in total. The molecule has 0 saturated carbocycles. The van der Waals surface area contributed by atoms with Crippen LogP contribution in [0.2, 0.25) is 0 Å². The third-order valence-corrected chi connectivity index (χ3v) is 4.31. The molecule has 0 radical (unpaired) electrons. The van der Waals surface area contributed by atoms with Gasteiger partial charge in [0.25, 0.3) is 0 Å². The molecule has 0 bridgehead atoms. The molecule has 0 aliphatic heterocycles. The molecule has 112 valence electrons. The van der Waals surface area contributed by atoms with Crippen molar-refractivity contribution in [1.29, 1.82) is 0 Å². The lowest BCUT2D eigenvalue weighted by Crippen LogP contribution is -2.27. The fourth-order valence-electron chi connectivity index (χ4n) is 2.35. The highest BCUT2D eigenvalue weighted by atomic mass is 79.9. The number of nitrogens with two attached hydrogens (primary N) is 1. The number of benzene rings is 2. The van der Waals surface area contributed by atoms with E-state index in [0.29, 0.717) is 0 Å². The van der Waals surface area contributed by atoms with Crippen LogP contribution in [-0.2, 0) is 0 Å². The first kappa shape index (κ1) is 16.0. The second-order valence-corrected chi connectivity index (χ2v) is 5.83. The minimum absolute atomic E-state index is 0.0185. The molecule has 0 aliphatic carbocycles. The number of hydrogen-bond donors (Lipinski definition) is 1. The molecule has 0 amide bonds. The maximum Gasteiger partial charge on any atom is 0.123 e. The molecule has 2 N–H and O–H groups in total. The summed E-state index contributed by atoms with van der Waals surface area (Å²) in [5.41, 5.74) is 8.43. The highest BCUT2D eigenvalue weighted by molar-refractivity contribution is 9.10. The van der Waals surface area contributed by atoms with Crippen molar-refractivity contribution < 1.29 is 4.39 Å². The van der Waals surface area contributed by atoms with Crippen molar-refractivity contribution in [2.24, 2.45) is 5.73 Å². The van der Waals surface area contributed by atoms with Crippen LogP contribution in [0, 0.1) is 5.82 Å². The zero-order valence-electron chi connectivity index (χ0n) is 12.1. The summed E-state index contributed by atoms with van der Waals surface area (Å²) in [6.07, 6.45) is 0.841. The van der Waals surface area contributed by atoms with Crippen molar-refractivity contribution in [2.45, 2.75) is 19.4 Å². The minimum atomic E-state index is -0.209. The van der Waals surface area contributed by atoms with Gasteiger partial charge in [0.1, 0.15) is 5.82 Å². The number of hydrogen-bond acceptors (Lipinski definition) is 2. The van der Waals surface area contributed by atoms with E-state index in [0.717, 1.165) is 35.2 Å². The van der Waals surface area contributed by atoms with Crippen LogP contribution in [0.5, 0.6) is 0 Å². The average Bonchev–Trinajstić information content (AvgIpc) is 2.49. The largest absolute Gasteiger partial charge is 0.372 e. The van der Waals surface area contributed by atoms with E-state index < -0.39 is 0 Å². The molecule has 1 unspecified atom stereocenters. The van der Waals surface area contributed by atoms with Crippen LogP contribution in [0.25, 0.3) is 0 Å². The molecule has 4 heteroatoms. The second-order valence-electron chi connectivity index (χ2n) is 4.97. The van der Waals surface area contributed by atoms with Gasteiger partial charge in [-0.3, -0.25) is 0 Å². The van der Waals surface area contributed by atoms with E-state index in [9.17, 15) is 4.39 Å². The number of halogens is 2. The van der Waals surface area contributed by atoms with E-state index in [1.165, 1.54) is 12.1 Å². The van der Waals surface area contributed by atoms with Crippen molar-refractivity contribution in [1.82, 2.24) is 0 Å². The van der Waals surface area contributed by atoms with Gasteiger partial charge in [-0.2, -0.15) is 0 Å². The van der Waals surface area contributed by atoms with Crippen LogP contribution in [0.4, 0.5) is 10.1 Å². The third kappa shape index (κ3) is 4.29. The summed E-state index contributed by atoms with van der Waals surface area (Å²) in [5, 5.41) is 0. The summed E-state index contributed by atoms with van der Waals surface area (Å²) in [5.74, 6) is -0.209. The lowest BCUT2D eigenvalue weighted by atomic mass is 10.0. The Kier molecular flexibility index (Phi) is 5.76. The smallest absolute Gasteiger partial charge is 0.123 e. The molecule has 1 atom stereocenters. The second kappa shape index (κ2) is 7.57. The van der Waals surface area contributed by atoms with Gasteiger partial charge in [-0.05, 0) is 49.2 Å². The van der Waals surface area contributed by atoms with Crippen molar-refractivity contribution in [2.75, 3.05) is 18.0 Å². The van der Waals surface area contributed by atoms with Gasteiger partial charge in [-0.25, -0.2) is 4.39 Å². The van der Waals surface area contributed by atoms with Gasteiger partial charge in [0.2, 0.25) is 0 Å². The molecule has 2 rings (SSSR count). The Morgan fingerprint density at radius 2 is 1.81 bits per heavy atom. The number of anilines is 1. The monoisotopic (exact) mass is 350 g/mol. The normalized spacial score (nSPS) is 12.2. The Morgan fingerprint density at radius 3 is 2.43 bits per heavy atom. The SMILES string of the molecule is CCN(CCC(N)c1ccccc1Br)c1ccc(F)cc1. The summed E-state index contributed by atoms with van der Waals surface area (Å²) in [4.78, 5) is 2.20. The van der Waals surface area contributed by atoms with Crippen molar-refractivity contribution in [3.8, 4) is 0 Å². The summed E-state index contributed by atoms with van der Waals surface area (Å²) in [6.45, 7) is 3.80. The third-order valence-electron chi connectivity index (χ3n) is 3.59. The van der Waals surface area contributed by atoms with Crippen molar-refractivity contribution in [3.05, 3.63) is 64.4 Å². The first-order chi connectivity index (χ1) is 10.1. The Labute approximate surface area is 133 Å². The van der Waals surface area contributed by atoms with Gasteiger partial charge in [0.05, 0.1) is 0 Å². The van der Waals surface area contributed by atoms with E-state index in [1.807, 2.05) is 36.4 Å². The Bertz CT molecular complexity index is 571. The van der Waals surface area contributed by atoms with E-state index in [2.05, 4.69) is 27.8 Å². The van der Waals surface area contributed by atoms with E-state index in [1.54, 1.807) is 0 Å². The van der Waals surface area contributed by atoms with E-state index in [-0.39, 0.29) is 11.9 Å². The molecule has 0 spiro atoms. The van der Waals surface area contributed by atoms with Crippen molar-refractivity contribution >= 4 is 21.6 Å². The molecular formula is C17H20BrFN2. The quantitative estimate of drug-likeness (QED) is 0.830. The maximum atomic E-state index is 13.0. The molecule has 2 aromatic carbocycles. The molecule has 0 aliphatic rings. The zero-order valence-corrected chi connectivity index (χ0v) is 13.7. The summed E-state index contributed by atoms with van der Waals surface area (Å²) >= 11 is 3.54. The van der Waals surface area contributed by atoms with Crippen LogP contribution >= 0.6 is 15.9 Å². The number of nitrogens with zero attached hydrogens (tertiary/aromatic N) is 1. The predicted molar refractivity (Wildman–Crippen MR) is 90.0 cm³/mol. The minimum Gasteiger partial charge on any atom is -0.372 e. The van der Waals surface area contributed by atoms with Gasteiger partial charge >= 0.3 is 0 Å². The number of rotatable bonds is 6. The Hall–Kier alpha value is -1.39. The van der Waals surface area contributed by atoms with Crippen LogP contribution < -0.4 is 10.6 Å². The van der Waals surface area contributed by atoms with Gasteiger partial charge < -0.3 is 10.6 Å². The molecule has 21 heavy (non-hydrogen) atoms. The van der Waals surface area contributed by atoms with Gasteiger partial charge in [-0.1, -0.05) is 34.1 Å². The van der Waals surface area contributed by atoms with E-state index >= 15 is 0 Å². The Morgan fingerprint density at radius 1 is 1.14 bits per heavy atom. The highest BCUT2D eigenvalue weighted by Gasteiger charge is 2.12. The first-order valence-corrected chi connectivity index (χ1v) is 7.91. The summed E-state index contributed by atoms with van der Waals surface area (Å²) in [6, 6.07) is 14.6. The van der Waals surface area contributed by atoms with Crippen molar-refractivity contribution in [3.63, 3.8) is 0 Å². The topological polar surface area (TPSA) is 29.3 Å². The van der Waals surface area contributed by atoms with Crippen LogP contribution in [0.3, 0.4) is 0 Å². The Balaban J connectivity index is 2.00. The van der Waals surface area contributed by atoms with Gasteiger partial charge in [0, 0.05) is 29.3 Å². The van der Waals surface area contributed by atoms with Gasteiger partial charge in [0.15, 0.2) is 0 Å². The summed E-state index contributed by atoms with van der Waals surface area (Å²) in [7, 11) is 0. The maximum absolute atomic E-state index is 13.0. The standard InChI is InChI=1S/C17H20BrFN2/c1-2-21(14-9-7-13(19)8-10-14)12-11-17(20)15-5-3-4-6-16(15)18/h3-10,17H,2,11-12,20H2,1H3. The predicted octanol–water partition coefficient (Wildman–Crippen LogP) is 4.50. The van der Waals surface area contributed by atoms with Crippen LogP contribution in [0.15, 0.2) is 53.0 Å². The highest BCUT2D eigenvalue weighted by Crippen LogP contribution is 2.24. The lowest BCUT2D eigenvalue weighted by Gasteiger charge is -2.25. The molecule has 2 aromatic rings. The fraction of sp³-hybridized carbons (Fsp3) is 0.294. The first-order valence-electron chi connectivity index (χ1n) is 7.12. The molecule has 0 saturated heterocycles. The van der Waals surface area contributed by atoms with Gasteiger partial charge in [-0.15, -0.1) is 0 Å². The molecular weight excluding hydrogens is 331 g/mol. The van der Waals surface area contributed by atoms with E-state index in [4.69, 9.17) is 5.73 Å².